The molecule has 0 spiro atoms. The fourth-order valence-electron chi connectivity index (χ4n) is 2.11. The first-order valence-corrected chi connectivity index (χ1v) is 7.60. The van der Waals surface area contributed by atoms with Crippen LogP contribution < -0.4 is 0 Å². The molecule has 0 unspecified atom stereocenters. The summed E-state index contributed by atoms with van der Waals surface area (Å²) in [7, 11) is 0. The molecule has 0 aliphatic rings. The number of nitrogens with zero attached hydrogens (tertiary/aromatic N) is 4. The third-order valence-electron chi connectivity index (χ3n) is 3.04. The van der Waals surface area contributed by atoms with Gasteiger partial charge in [-0.05, 0) is 12.1 Å². The number of aromatic nitrogens is 4. The van der Waals surface area contributed by atoms with Crippen LogP contribution in [-0.2, 0) is 6.18 Å². The van der Waals surface area contributed by atoms with E-state index in [0.29, 0.717) is 21.8 Å². The molecule has 5 nitrogen and oxygen atoms in total. The molecule has 0 radical (unpaired) electrons. The Balaban J connectivity index is 2.20. The van der Waals surface area contributed by atoms with E-state index < -0.39 is 12.0 Å². The van der Waals surface area contributed by atoms with Gasteiger partial charge in [-0.25, -0.2) is 4.98 Å². The molecule has 0 aliphatic carbocycles. The van der Waals surface area contributed by atoms with E-state index in [1.807, 2.05) is 0 Å². The van der Waals surface area contributed by atoms with Crippen molar-refractivity contribution in [2.75, 3.05) is 12.4 Å². The Morgan fingerprint density at radius 3 is 2.70 bits per heavy atom. The summed E-state index contributed by atoms with van der Waals surface area (Å²) in [5.41, 5.74) is 0.799. The first-order chi connectivity index (χ1) is 11.0. The van der Waals surface area contributed by atoms with Crippen LogP contribution in [-0.4, -0.2) is 37.0 Å². The lowest BCUT2D eigenvalue weighted by atomic mass is 10.3. The van der Waals surface area contributed by atoms with E-state index >= 15 is 0 Å². The molecule has 0 aliphatic heterocycles. The molecule has 3 rings (SSSR count). The van der Waals surface area contributed by atoms with Crippen LogP contribution in [0.25, 0.3) is 16.7 Å². The smallest absolute Gasteiger partial charge is 0.392 e. The number of halogens is 3. The van der Waals surface area contributed by atoms with Gasteiger partial charge in [-0.3, -0.25) is 4.40 Å². The molecule has 0 saturated heterocycles. The minimum absolute atomic E-state index is 0.0680. The van der Waals surface area contributed by atoms with Crippen molar-refractivity contribution >= 4 is 28.4 Å². The van der Waals surface area contributed by atoms with E-state index in [4.69, 9.17) is 5.11 Å². The normalized spacial score (nSPS) is 12.7. The van der Waals surface area contributed by atoms with Gasteiger partial charge in [0.25, 0.3) is 0 Å². The van der Waals surface area contributed by atoms with E-state index in [2.05, 4.69) is 15.2 Å². The van der Waals surface area contributed by atoms with E-state index in [-0.39, 0.29) is 12.3 Å². The van der Waals surface area contributed by atoms with Gasteiger partial charge in [0.2, 0.25) is 5.82 Å². The Labute approximate surface area is 132 Å². The lowest BCUT2D eigenvalue weighted by Gasteiger charge is -2.09. The number of rotatable bonds is 4. The first-order valence-electron chi connectivity index (χ1n) is 6.62. The average Bonchev–Trinajstić information content (AvgIpc) is 2.97. The van der Waals surface area contributed by atoms with Gasteiger partial charge in [0.15, 0.2) is 5.65 Å². The van der Waals surface area contributed by atoms with Gasteiger partial charge in [0.1, 0.15) is 5.03 Å². The summed E-state index contributed by atoms with van der Waals surface area (Å²) < 4.78 is 40.5. The summed E-state index contributed by atoms with van der Waals surface area (Å²) in [6.07, 6.45) is -1.35. The highest BCUT2D eigenvalue weighted by Gasteiger charge is 2.38. The Morgan fingerprint density at radius 1 is 1.17 bits per heavy atom. The predicted octanol–water partition coefficient (Wildman–Crippen LogP) is 2.94. The highest BCUT2D eigenvalue weighted by molar-refractivity contribution is 7.99. The summed E-state index contributed by atoms with van der Waals surface area (Å²) in [4.78, 5) is 4.37. The van der Waals surface area contributed by atoms with Crippen molar-refractivity contribution in [1.82, 2.24) is 19.6 Å². The summed E-state index contributed by atoms with van der Waals surface area (Å²) in [5.74, 6) is -0.616. The molecule has 9 heteroatoms. The van der Waals surface area contributed by atoms with Crippen LogP contribution in [0.3, 0.4) is 0 Å². The number of para-hydroxylation sites is 2. The molecule has 2 aromatic heterocycles. The number of alkyl halides is 3. The van der Waals surface area contributed by atoms with Crippen LogP contribution in [0, 0.1) is 0 Å². The summed E-state index contributed by atoms with van der Waals surface area (Å²) in [6, 6.07) is 6.54. The van der Waals surface area contributed by atoms with Crippen molar-refractivity contribution in [3.63, 3.8) is 0 Å². The largest absolute Gasteiger partial charge is 0.452 e. The van der Waals surface area contributed by atoms with E-state index in [9.17, 15) is 13.2 Å². The molecule has 1 aromatic carbocycles. The second-order valence-corrected chi connectivity index (χ2v) is 5.56. The fourth-order valence-corrected chi connectivity index (χ4v) is 2.92. The second-order valence-electron chi connectivity index (χ2n) is 4.55. The Bertz CT molecular complexity index is 875. The van der Waals surface area contributed by atoms with Crippen LogP contribution in [0.1, 0.15) is 5.82 Å². The minimum Gasteiger partial charge on any atom is -0.392 e. The number of aliphatic hydroxyl groups is 1. The van der Waals surface area contributed by atoms with Gasteiger partial charge in [-0.1, -0.05) is 36.0 Å². The lowest BCUT2D eigenvalue weighted by Crippen LogP contribution is -2.11. The molecule has 0 atom stereocenters. The Kier molecular flexibility index (Phi) is 4.22. The zero-order valence-electron chi connectivity index (χ0n) is 11.7. The molecular formula is C14H11F3N4OS. The number of thioether (sulfide) groups is 1. The third kappa shape index (κ3) is 3.02. The SMILES string of the molecule is OCC=CCSc1nc2ccccc2n2c(C(F)(F)F)nnc12. The molecule has 1 N–H and O–H groups in total. The third-order valence-corrected chi connectivity index (χ3v) is 3.95. The van der Waals surface area contributed by atoms with Crippen molar-refractivity contribution in [3.05, 3.63) is 42.2 Å². The molecule has 120 valence electrons. The molecule has 2 heterocycles. The number of fused-ring (bicyclic) bond motifs is 3. The first kappa shape index (κ1) is 15.8. The number of hydrogen-bond donors (Lipinski definition) is 1. The average molecular weight is 340 g/mol. The van der Waals surface area contributed by atoms with Crippen molar-refractivity contribution < 1.29 is 18.3 Å². The van der Waals surface area contributed by atoms with Crippen molar-refractivity contribution in [3.8, 4) is 0 Å². The van der Waals surface area contributed by atoms with Crippen molar-refractivity contribution in [1.29, 1.82) is 0 Å². The molecule has 3 aromatic rings. The van der Waals surface area contributed by atoms with Crippen LogP contribution in [0.15, 0.2) is 41.4 Å². The van der Waals surface area contributed by atoms with E-state index in [1.54, 1.807) is 36.4 Å². The van der Waals surface area contributed by atoms with E-state index in [0.717, 1.165) is 4.40 Å². The van der Waals surface area contributed by atoms with Gasteiger partial charge < -0.3 is 5.11 Å². The highest BCUT2D eigenvalue weighted by Crippen LogP contribution is 2.32. The van der Waals surface area contributed by atoms with Crippen LogP contribution in [0.5, 0.6) is 0 Å². The Hall–Kier alpha value is -2.13. The number of benzene rings is 1. The molecule has 0 fully saturated rings. The zero-order chi connectivity index (χ0) is 16.4. The number of hydrogen-bond acceptors (Lipinski definition) is 5. The molecular weight excluding hydrogens is 329 g/mol. The van der Waals surface area contributed by atoms with Gasteiger partial charge in [-0.2, -0.15) is 13.2 Å². The zero-order valence-corrected chi connectivity index (χ0v) is 12.5. The number of aliphatic hydroxyl groups excluding tert-OH is 1. The lowest BCUT2D eigenvalue weighted by molar-refractivity contribution is -0.145. The van der Waals surface area contributed by atoms with Gasteiger partial charge in [0.05, 0.1) is 17.6 Å². The highest BCUT2D eigenvalue weighted by atomic mass is 32.2. The van der Waals surface area contributed by atoms with Crippen LogP contribution >= 0.6 is 11.8 Å². The molecule has 0 bridgehead atoms. The summed E-state index contributed by atoms with van der Waals surface area (Å²) >= 11 is 1.23. The van der Waals surface area contributed by atoms with Crippen molar-refractivity contribution in [2.24, 2.45) is 0 Å². The van der Waals surface area contributed by atoms with Gasteiger partial charge in [-0.15, -0.1) is 10.2 Å². The van der Waals surface area contributed by atoms with Gasteiger partial charge >= 0.3 is 6.18 Å². The molecule has 0 amide bonds. The summed E-state index contributed by atoms with van der Waals surface area (Å²) in [6.45, 7) is -0.0930. The second kappa shape index (κ2) is 6.17. The topological polar surface area (TPSA) is 63.3 Å². The van der Waals surface area contributed by atoms with E-state index in [1.165, 1.54) is 11.8 Å². The molecule has 23 heavy (non-hydrogen) atoms. The Morgan fingerprint density at radius 2 is 1.96 bits per heavy atom. The minimum atomic E-state index is -4.61. The van der Waals surface area contributed by atoms with Crippen molar-refractivity contribution in [2.45, 2.75) is 11.2 Å². The maximum absolute atomic E-state index is 13.2. The maximum atomic E-state index is 13.2. The maximum Gasteiger partial charge on any atom is 0.452 e. The summed E-state index contributed by atoms with van der Waals surface area (Å²) in [5, 5.41) is 16.0. The standard InChI is InChI=1S/C14H11F3N4OS/c15-14(16,17)13-20-19-11-12(23-8-4-3-7-22)18-9-5-1-2-6-10(9)21(11)13/h1-6,22H,7-8H2. The monoisotopic (exact) mass is 340 g/mol. The molecule has 0 saturated carbocycles. The quantitative estimate of drug-likeness (QED) is 0.584. The predicted molar refractivity (Wildman–Crippen MR) is 80.2 cm³/mol. The van der Waals surface area contributed by atoms with Gasteiger partial charge in [0, 0.05) is 5.75 Å². The van der Waals surface area contributed by atoms with Crippen LogP contribution in [0.2, 0.25) is 0 Å². The fraction of sp³-hybridized carbons (Fsp3) is 0.214. The van der Waals surface area contributed by atoms with Crippen LogP contribution in [0.4, 0.5) is 13.2 Å².